The number of rotatable bonds is 4. The van der Waals surface area contributed by atoms with Crippen LogP contribution in [0.4, 0.5) is 5.13 Å². The largest absolute Gasteiger partial charge is 0.298 e. The number of carbonyl (C=O) groups is 1. The van der Waals surface area contributed by atoms with E-state index in [-0.39, 0.29) is 5.91 Å². The molecule has 1 N–H and O–H groups in total. The molecule has 0 atom stereocenters. The Hall–Kier alpha value is -1.89. The summed E-state index contributed by atoms with van der Waals surface area (Å²) in [5.74, 6) is -0.281. The maximum absolute atomic E-state index is 12.9. The number of aromatic nitrogens is 3. The zero-order valence-electron chi connectivity index (χ0n) is 15.5. The van der Waals surface area contributed by atoms with E-state index in [4.69, 9.17) is 23.2 Å². The SMILES string of the molecule is Cc1nn(Cc2ccccc2Cl)c(Cl)c1C(=O)Nc1nc2c(s1)CCCCC2. The van der Waals surface area contributed by atoms with Crippen LogP contribution in [-0.2, 0) is 19.4 Å². The van der Waals surface area contributed by atoms with Crippen LogP contribution in [0.15, 0.2) is 24.3 Å². The minimum absolute atomic E-state index is 0.281. The summed E-state index contributed by atoms with van der Waals surface area (Å²) in [6, 6.07) is 7.52. The molecule has 0 aliphatic heterocycles. The average Bonchev–Trinajstić information content (AvgIpc) is 3.07. The predicted octanol–water partition coefficient (Wildman–Crippen LogP) is 5.52. The number of nitrogens with zero attached hydrogens (tertiary/aromatic N) is 3. The normalized spacial score (nSPS) is 13.8. The molecule has 4 rings (SSSR count). The molecule has 5 nitrogen and oxygen atoms in total. The summed E-state index contributed by atoms with van der Waals surface area (Å²) in [7, 11) is 0. The van der Waals surface area contributed by atoms with Gasteiger partial charge in [0, 0.05) is 9.90 Å². The van der Waals surface area contributed by atoms with E-state index in [1.807, 2.05) is 24.3 Å². The van der Waals surface area contributed by atoms with Gasteiger partial charge < -0.3 is 0 Å². The van der Waals surface area contributed by atoms with Gasteiger partial charge in [-0.1, -0.05) is 47.8 Å². The monoisotopic (exact) mass is 434 g/mol. The minimum atomic E-state index is -0.281. The van der Waals surface area contributed by atoms with E-state index < -0.39 is 0 Å². The number of amides is 1. The molecule has 3 aromatic rings. The number of hydrogen-bond donors (Lipinski definition) is 1. The molecule has 0 radical (unpaired) electrons. The second-order valence-electron chi connectivity index (χ2n) is 6.90. The van der Waals surface area contributed by atoms with Crippen LogP contribution in [0.2, 0.25) is 10.2 Å². The summed E-state index contributed by atoms with van der Waals surface area (Å²) < 4.78 is 1.60. The number of halogens is 2. The zero-order chi connectivity index (χ0) is 19.7. The maximum Gasteiger partial charge on any atom is 0.262 e. The first-order valence-electron chi connectivity index (χ1n) is 9.29. The number of nitrogens with one attached hydrogen (secondary N) is 1. The first-order chi connectivity index (χ1) is 13.5. The molecule has 0 saturated carbocycles. The van der Waals surface area contributed by atoms with Crippen molar-refractivity contribution in [3.05, 3.63) is 61.8 Å². The van der Waals surface area contributed by atoms with Crippen molar-refractivity contribution < 1.29 is 4.79 Å². The summed E-state index contributed by atoms with van der Waals surface area (Å²) in [4.78, 5) is 18.8. The van der Waals surface area contributed by atoms with E-state index in [9.17, 15) is 4.79 Å². The molecular formula is C20H20Cl2N4OS. The van der Waals surface area contributed by atoms with E-state index in [1.54, 1.807) is 22.9 Å². The highest BCUT2D eigenvalue weighted by Gasteiger charge is 2.23. The van der Waals surface area contributed by atoms with Gasteiger partial charge in [-0.25, -0.2) is 9.67 Å². The molecule has 0 bridgehead atoms. The van der Waals surface area contributed by atoms with Gasteiger partial charge in [-0.05, 0) is 44.2 Å². The molecule has 2 heterocycles. The highest BCUT2D eigenvalue weighted by Crippen LogP contribution is 2.30. The Morgan fingerprint density at radius 3 is 2.82 bits per heavy atom. The van der Waals surface area contributed by atoms with Gasteiger partial charge >= 0.3 is 0 Å². The quantitative estimate of drug-likeness (QED) is 0.549. The maximum atomic E-state index is 12.9. The molecule has 28 heavy (non-hydrogen) atoms. The van der Waals surface area contributed by atoms with Crippen molar-refractivity contribution in [1.82, 2.24) is 14.8 Å². The van der Waals surface area contributed by atoms with Crippen LogP contribution in [0, 0.1) is 6.92 Å². The van der Waals surface area contributed by atoms with E-state index in [1.165, 1.54) is 17.7 Å². The van der Waals surface area contributed by atoms with Gasteiger partial charge in [-0.15, -0.1) is 11.3 Å². The van der Waals surface area contributed by atoms with Crippen LogP contribution in [0.1, 0.15) is 51.4 Å². The second-order valence-corrected chi connectivity index (χ2v) is 8.75. The highest BCUT2D eigenvalue weighted by molar-refractivity contribution is 7.15. The fourth-order valence-corrected chi connectivity index (χ4v) is 5.01. The molecular weight excluding hydrogens is 415 g/mol. The lowest BCUT2D eigenvalue weighted by atomic mass is 10.2. The van der Waals surface area contributed by atoms with Crippen molar-refractivity contribution in [2.75, 3.05) is 5.32 Å². The predicted molar refractivity (Wildman–Crippen MR) is 114 cm³/mol. The van der Waals surface area contributed by atoms with Crippen LogP contribution >= 0.6 is 34.5 Å². The Kier molecular flexibility index (Phi) is 5.71. The fourth-order valence-electron chi connectivity index (χ4n) is 3.45. The van der Waals surface area contributed by atoms with Crippen molar-refractivity contribution in [2.45, 2.75) is 45.6 Å². The molecule has 2 aromatic heterocycles. The summed E-state index contributed by atoms with van der Waals surface area (Å²) in [5, 5.41) is 8.92. The van der Waals surface area contributed by atoms with Crippen LogP contribution in [-0.4, -0.2) is 20.7 Å². The average molecular weight is 435 g/mol. The minimum Gasteiger partial charge on any atom is -0.298 e. The summed E-state index contributed by atoms with van der Waals surface area (Å²) in [6.45, 7) is 2.18. The number of anilines is 1. The van der Waals surface area contributed by atoms with Gasteiger partial charge in [0.2, 0.25) is 0 Å². The molecule has 1 amide bonds. The number of carbonyl (C=O) groups excluding carboxylic acids is 1. The van der Waals surface area contributed by atoms with E-state index in [2.05, 4.69) is 15.4 Å². The Morgan fingerprint density at radius 2 is 2.00 bits per heavy atom. The van der Waals surface area contributed by atoms with Gasteiger partial charge in [-0.3, -0.25) is 10.1 Å². The van der Waals surface area contributed by atoms with E-state index >= 15 is 0 Å². The summed E-state index contributed by atoms with van der Waals surface area (Å²) >= 11 is 14.3. The van der Waals surface area contributed by atoms with E-state index in [0.717, 1.165) is 30.5 Å². The zero-order valence-corrected chi connectivity index (χ0v) is 17.8. The number of hydrogen-bond acceptors (Lipinski definition) is 4. The van der Waals surface area contributed by atoms with Crippen molar-refractivity contribution in [1.29, 1.82) is 0 Å². The molecule has 0 unspecified atom stereocenters. The number of thiazole rings is 1. The van der Waals surface area contributed by atoms with Gasteiger partial charge in [0.15, 0.2) is 5.13 Å². The van der Waals surface area contributed by atoms with Crippen LogP contribution < -0.4 is 5.32 Å². The van der Waals surface area contributed by atoms with Gasteiger partial charge in [0.1, 0.15) is 5.15 Å². The molecule has 8 heteroatoms. The second kappa shape index (κ2) is 8.23. The van der Waals surface area contributed by atoms with Crippen molar-refractivity contribution in [3.63, 3.8) is 0 Å². The highest BCUT2D eigenvalue weighted by atomic mass is 35.5. The summed E-state index contributed by atoms with van der Waals surface area (Å²) in [5.41, 5.74) is 2.96. The number of fused-ring (bicyclic) bond motifs is 1. The van der Waals surface area contributed by atoms with Crippen LogP contribution in [0.25, 0.3) is 0 Å². The Morgan fingerprint density at radius 1 is 1.21 bits per heavy atom. The standard InChI is InChI=1S/C20H20Cl2N4OS/c1-12-17(18(22)26(25-12)11-13-7-5-6-8-14(13)21)19(27)24-20-23-15-9-3-2-4-10-16(15)28-20/h5-8H,2-4,9-11H2,1H3,(H,23,24,27). The third kappa shape index (κ3) is 3.95. The molecule has 0 spiro atoms. The van der Waals surface area contributed by atoms with Crippen LogP contribution in [0.3, 0.4) is 0 Å². The number of aryl methyl sites for hydroxylation is 3. The Balaban J connectivity index is 1.55. The third-order valence-electron chi connectivity index (χ3n) is 4.89. The lowest BCUT2D eigenvalue weighted by Crippen LogP contribution is -2.13. The van der Waals surface area contributed by atoms with Gasteiger partial charge in [-0.2, -0.15) is 5.10 Å². The van der Waals surface area contributed by atoms with E-state index in [0.29, 0.717) is 33.1 Å². The molecule has 1 aromatic carbocycles. The Bertz CT molecular complexity index is 1000. The summed E-state index contributed by atoms with van der Waals surface area (Å²) in [6.07, 6.45) is 5.60. The van der Waals surface area contributed by atoms with Gasteiger partial charge in [0.25, 0.3) is 5.91 Å². The first kappa shape index (κ1) is 19.4. The molecule has 0 fully saturated rings. The van der Waals surface area contributed by atoms with Crippen molar-refractivity contribution in [2.24, 2.45) is 0 Å². The Labute approximate surface area is 177 Å². The van der Waals surface area contributed by atoms with Crippen LogP contribution in [0.5, 0.6) is 0 Å². The lowest BCUT2D eigenvalue weighted by Gasteiger charge is -2.06. The molecule has 1 aliphatic carbocycles. The fraction of sp³-hybridized carbons (Fsp3) is 0.350. The first-order valence-corrected chi connectivity index (χ1v) is 10.9. The van der Waals surface area contributed by atoms with Crippen molar-refractivity contribution in [3.8, 4) is 0 Å². The molecule has 0 saturated heterocycles. The third-order valence-corrected chi connectivity index (χ3v) is 6.71. The van der Waals surface area contributed by atoms with Gasteiger partial charge in [0.05, 0.1) is 23.5 Å². The smallest absolute Gasteiger partial charge is 0.262 e. The molecule has 146 valence electrons. The number of benzene rings is 1. The molecule has 1 aliphatic rings. The van der Waals surface area contributed by atoms with Crippen molar-refractivity contribution >= 4 is 45.6 Å². The lowest BCUT2D eigenvalue weighted by molar-refractivity contribution is 0.102. The topological polar surface area (TPSA) is 59.8 Å².